The van der Waals surface area contributed by atoms with E-state index in [9.17, 15) is 8.78 Å². The van der Waals surface area contributed by atoms with E-state index in [2.05, 4.69) is 16.3 Å². The topological polar surface area (TPSA) is 21.6 Å². The average molecular weight is 225 g/mol. The molecule has 0 heterocycles. The summed E-state index contributed by atoms with van der Waals surface area (Å²) in [5.41, 5.74) is 0.874. The van der Waals surface area contributed by atoms with E-state index in [0.29, 0.717) is 11.3 Å². The lowest BCUT2D eigenvalue weighted by Crippen LogP contribution is -2.06. The number of halogens is 2. The summed E-state index contributed by atoms with van der Waals surface area (Å²) >= 11 is 0. The summed E-state index contributed by atoms with van der Waals surface area (Å²) in [4.78, 5) is 3.85. The number of aliphatic imine (C=N–C) groups is 1. The Morgan fingerprint density at radius 3 is 2.75 bits per heavy atom. The molecule has 16 heavy (non-hydrogen) atoms. The van der Waals surface area contributed by atoms with E-state index in [-0.39, 0.29) is 5.56 Å². The lowest BCUT2D eigenvalue weighted by Gasteiger charge is -2.11. The van der Waals surface area contributed by atoms with Crippen molar-refractivity contribution < 1.29 is 13.5 Å². The Kier molecular flexibility index (Phi) is 3.77. The highest BCUT2D eigenvalue weighted by atomic mass is 19.3. The van der Waals surface area contributed by atoms with Crippen molar-refractivity contribution in [1.29, 1.82) is 0 Å². The van der Waals surface area contributed by atoms with Crippen LogP contribution >= 0.6 is 0 Å². The fourth-order valence-corrected chi connectivity index (χ4v) is 1.16. The van der Waals surface area contributed by atoms with E-state index in [1.807, 2.05) is 0 Å². The van der Waals surface area contributed by atoms with Gasteiger partial charge in [-0.15, -0.1) is 0 Å². The van der Waals surface area contributed by atoms with Gasteiger partial charge in [-0.25, -0.2) is 13.8 Å². The molecule has 0 spiro atoms. The minimum Gasteiger partial charge on any atom is -0.486 e. The van der Waals surface area contributed by atoms with Gasteiger partial charge in [0.25, 0.3) is 5.92 Å². The molecule has 0 aliphatic carbocycles. The van der Waals surface area contributed by atoms with Crippen LogP contribution in [0.3, 0.4) is 0 Å². The van der Waals surface area contributed by atoms with Gasteiger partial charge in [0, 0.05) is 18.1 Å². The zero-order valence-electron chi connectivity index (χ0n) is 9.21. The zero-order valence-corrected chi connectivity index (χ0v) is 9.21. The predicted octanol–water partition coefficient (Wildman–Crippen LogP) is 3.44. The first kappa shape index (κ1) is 12.4. The Hall–Kier alpha value is -1.71. The fraction of sp³-hybridized carbons (Fsp3) is 0.250. The minimum atomic E-state index is -2.86. The van der Waals surface area contributed by atoms with Crippen LogP contribution in [0, 0.1) is 0 Å². The molecule has 0 aliphatic heterocycles. The number of hydrogen-bond acceptors (Lipinski definition) is 2. The first-order valence-electron chi connectivity index (χ1n) is 4.68. The summed E-state index contributed by atoms with van der Waals surface area (Å²) in [7, 11) is 1.45. The van der Waals surface area contributed by atoms with Crippen LogP contribution in [0.2, 0.25) is 0 Å². The van der Waals surface area contributed by atoms with Crippen LogP contribution in [0.4, 0.5) is 8.78 Å². The zero-order chi connectivity index (χ0) is 12.2. The maximum atomic E-state index is 13.1. The molecule has 0 amide bonds. The molecule has 0 unspecified atom stereocenters. The molecule has 1 aromatic rings. The standard InChI is InChI=1S/C12H13F2NO/c1-9(15-8-16-3)10-5-4-6-11(7-10)12(2,13)14/h4-8H,1H2,2-3H3/b15-8-. The van der Waals surface area contributed by atoms with E-state index in [1.54, 1.807) is 12.1 Å². The van der Waals surface area contributed by atoms with Crippen molar-refractivity contribution in [1.82, 2.24) is 0 Å². The van der Waals surface area contributed by atoms with Gasteiger partial charge in [-0.05, 0) is 6.07 Å². The van der Waals surface area contributed by atoms with Crippen LogP contribution < -0.4 is 0 Å². The second kappa shape index (κ2) is 4.88. The predicted molar refractivity (Wildman–Crippen MR) is 60.5 cm³/mol. The lowest BCUT2D eigenvalue weighted by atomic mass is 10.1. The van der Waals surface area contributed by atoms with Crippen LogP contribution in [0.1, 0.15) is 18.1 Å². The SMILES string of the molecule is C=C(/N=C\OC)c1cccc(C(C)(F)F)c1. The van der Waals surface area contributed by atoms with Gasteiger partial charge in [-0.1, -0.05) is 24.8 Å². The Balaban J connectivity index is 2.99. The number of alkyl halides is 2. The van der Waals surface area contributed by atoms with Crippen molar-refractivity contribution in [2.45, 2.75) is 12.8 Å². The van der Waals surface area contributed by atoms with Gasteiger partial charge in [-0.3, -0.25) is 0 Å². The van der Waals surface area contributed by atoms with E-state index in [0.717, 1.165) is 6.92 Å². The number of nitrogens with zero attached hydrogens (tertiary/aromatic N) is 1. The number of hydrogen-bond donors (Lipinski definition) is 0. The van der Waals surface area contributed by atoms with Gasteiger partial charge in [-0.2, -0.15) is 0 Å². The summed E-state index contributed by atoms with van der Waals surface area (Å²) in [5.74, 6) is -2.86. The number of methoxy groups -OCH3 is 1. The number of benzene rings is 1. The molecule has 0 aromatic heterocycles. The molecule has 0 saturated heterocycles. The van der Waals surface area contributed by atoms with Crippen molar-refractivity contribution >= 4 is 12.1 Å². The second-order valence-corrected chi connectivity index (χ2v) is 3.39. The molecule has 86 valence electrons. The van der Waals surface area contributed by atoms with Crippen molar-refractivity contribution in [2.75, 3.05) is 7.11 Å². The molecule has 0 bridgehead atoms. The molecule has 0 saturated carbocycles. The molecule has 1 rings (SSSR count). The largest absolute Gasteiger partial charge is 0.486 e. The van der Waals surface area contributed by atoms with Gasteiger partial charge in [0.1, 0.15) is 0 Å². The smallest absolute Gasteiger partial charge is 0.270 e. The second-order valence-electron chi connectivity index (χ2n) is 3.39. The van der Waals surface area contributed by atoms with Crippen LogP contribution in [0.25, 0.3) is 5.70 Å². The first-order valence-corrected chi connectivity index (χ1v) is 4.68. The molecule has 0 radical (unpaired) electrons. The van der Waals surface area contributed by atoms with Crippen LogP contribution in [0.5, 0.6) is 0 Å². The van der Waals surface area contributed by atoms with Gasteiger partial charge in [0.2, 0.25) is 0 Å². The molecule has 0 fully saturated rings. The first-order chi connectivity index (χ1) is 7.45. The third-order valence-corrected chi connectivity index (χ3v) is 2.02. The van der Waals surface area contributed by atoms with Crippen molar-refractivity contribution in [2.24, 2.45) is 4.99 Å². The van der Waals surface area contributed by atoms with E-state index < -0.39 is 5.92 Å². The normalized spacial score (nSPS) is 11.8. The highest BCUT2D eigenvalue weighted by Crippen LogP contribution is 2.28. The fourth-order valence-electron chi connectivity index (χ4n) is 1.16. The van der Waals surface area contributed by atoms with Gasteiger partial charge >= 0.3 is 0 Å². The van der Waals surface area contributed by atoms with Gasteiger partial charge in [0.05, 0.1) is 12.8 Å². The van der Waals surface area contributed by atoms with E-state index in [1.165, 1.54) is 25.6 Å². The Bertz CT molecular complexity index is 408. The summed E-state index contributed by atoms with van der Waals surface area (Å²) in [5, 5.41) is 0. The quantitative estimate of drug-likeness (QED) is 0.568. The van der Waals surface area contributed by atoms with Crippen LogP contribution in [-0.2, 0) is 10.7 Å². The van der Waals surface area contributed by atoms with Gasteiger partial charge in [0.15, 0.2) is 6.40 Å². The molecule has 0 aliphatic rings. The molecular weight excluding hydrogens is 212 g/mol. The summed E-state index contributed by atoms with van der Waals surface area (Å²) in [6.07, 6.45) is 1.21. The Morgan fingerprint density at radius 2 is 2.19 bits per heavy atom. The van der Waals surface area contributed by atoms with Crippen molar-refractivity contribution in [3.63, 3.8) is 0 Å². The maximum absolute atomic E-state index is 13.1. The molecule has 1 aromatic carbocycles. The minimum absolute atomic E-state index is 0.0567. The molecule has 0 atom stereocenters. The van der Waals surface area contributed by atoms with E-state index in [4.69, 9.17) is 0 Å². The monoisotopic (exact) mass is 225 g/mol. The molecular formula is C12H13F2NO. The number of ether oxygens (including phenoxy) is 1. The highest BCUT2D eigenvalue weighted by Gasteiger charge is 2.24. The molecule has 2 nitrogen and oxygen atoms in total. The van der Waals surface area contributed by atoms with Crippen LogP contribution in [-0.4, -0.2) is 13.5 Å². The summed E-state index contributed by atoms with van der Waals surface area (Å²) in [6.45, 7) is 4.52. The summed E-state index contributed by atoms with van der Waals surface area (Å²) in [6, 6.07) is 5.96. The van der Waals surface area contributed by atoms with Crippen molar-refractivity contribution in [3.8, 4) is 0 Å². The van der Waals surface area contributed by atoms with Crippen LogP contribution in [0.15, 0.2) is 35.8 Å². The lowest BCUT2D eigenvalue weighted by molar-refractivity contribution is 0.0174. The van der Waals surface area contributed by atoms with Gasteiger partial charge < -0.3 is 4.74 Å². The highest BCUT2D eigenvalue weighted by molar-refractivity contribution is 5.69. The molecule has 0 N–H and O–H groups in total. The number of rotatable bonds is 4. The third kappa shape index (κ3) is 3.15. The van der Waals surface area contributed by atoms with E-state index >= 15 is 0 Å². The van der Waals surface area contributed by atoms with Crippen molar-refractivity contribution in [3.05, 3.63) is 42.0 Å². The molecule has 4 heteroatoms. The summed E-state index contributed by atoms with van der Waals surface area (Å²) < 4.78 is 30.7. The average Bonchev–Trinajstić information content (AvgIpc) is 2.25. The Labute approximate surface area is 93.3 Å². The third-order valence-electron chi connectivity index (χ3n) is 2.02. The Morgan fingerprint density at radius 1 is 1.50 bits per heavy atom. The maximum Gasteiger partial charge on any atom is 0.270 e.